The topological polar surface area (TPSA) is 103 Å². The molecule has 0 saturated heterocycles. The Kier molecular flexibility index (Phi) is 4.64. The van der Waals surface area contributed by atoms with Gasteiger partial charge < -0.3 is 21.5 Å². The van der Waals surface area contributed by atoms with Gasteiger partial charge in [0, 0.05) is 18.9 Å². The summed E-state index contributed by atoms with van der Waals surface area (Å²) in [5.74, 6) is -0.0686. The predicted octanol–water partition coefficient (Wildman–Crippen LogP) is 2.22. The summed E-state index contributed by atoms with van der Waals surface area (Å²) in [5.41, 5.74) is 12.6. The molecule has 2 rings (SSSR count). The number of hydrogen-bond acceptors (Lipinski definition) is 6. The second-order valence-electron chi connectivity index (χ2n) is 4.74. The lowest BCUT2D eigenvalue weighted by atomic mass is 10.3. The van der Waals surface area contributed by atoms with Crippen molar-refractivity contribution in [2.24, 2.45) is 5.73 Å². The normalized spacial score (nSPS) is 10.6. The lowest BCUT2D eigenvalue weighted by Crippen LogP contribution is -2.12. The molecule has 5 N–H and O–H groups in total. The van der Waals surface area contributed by atoms with Gasteiger partial charge in [-0.25, -0.2) is 0 Å². The fourth-order valence-electron chi connectivity index (χ4n) is 1.76. The molecule has 21 heavy (non-hydrogen) atoms. The van der Waals surface area contributed by atoms with Crippen molar-refractivity contribution in [1.82, 2.24) is 4.98 Å². The van der Waals surface area contributed by atoms with Crippen molar-refractivity contribution in [3.8, 4) is 5.75 Å². The average molecular weight is 306 g/mol. The molecule has 0 aliphatic rings. The van der Waals surface area contributed by atoms with E-state index in [1.165, 1.54) is 11.3 Å². The molecule has 112 valence electrons. The van der Waals surface area contributed by atoms with Crippen LogP contribution in [-0.2, 0) is 6.54 Å². The second-order valence-corrected chi connectivity index (χ2v) is 5.76. The molecule has 0 saturated carbocycles. The second kappa shape index (κ2) is 6.45. The number of nitrogens with one attached hydrogen (secondary N) is 1. The number of carbonyl (C=O) groups excluding carboxylic acids is 1. The molecule has 0 aliphatic carbocycles. The number of thiophene rings is 1. The van der Waals surface area contributed by atoms with E-state index in [1.807, 2.05) is 26.0 Å². The summed E-state index contributed by atoms with van der Waals surface area (Å²) in [7, 11) is 0. The smallest absolute Gasteiger partial charge is 0.261 e. The Labute approximate surface area is 127 Å². The molecule has 2 aromatic rings. The summed E-state index contributed by atoms with van der Waals surface area (Å²) < 4.78 is 5.70. The number of nitrogens with two attached hydrogens (primary N) is 2. The van der Waals surface area contributed by atoms with Crippen LogP contribution in [0.25, 0.3) is 0 Å². The van der Waals surface area contributed by atoms with Crippen LogP contribution >= 0.6 is 11.3 Å². The van der Waals surface area contributed by atoms with Crippen LogP contribution in [0.4, 0.5) is 10.7 Å². The molecule has 0 bridgehead atoms. The van der Waals surface area contributed by atoms with Gasteiger partial charge in [-0.15, -0.1) is 11.3 Å². The van der Waals surface area contributed by atoms with Crippen molar-refractivity contribution >= 4 is 27.9 Å². The van der Waals surface area contributed by atoms with Crippen molar-refractivity contribution in [3.63, 3.8) is 0 Å². The summed E-state index contributed by atoms with van der Waals surface area (Å²) in [6.07, 6.45) is 3.39. The molecule has 1 amide bonds. The van der Waals surface area contributed by atoms with Gasteiger partial charge >= 0.3 is 0 Å². The summed E-state index contributed by atoms with van der Waals surface area (Å²) >= 11 is 1.20. The summed E-state index contributed by atoms with van der Waals surface area (Å²) in [5, 5.41) is 3.93. The molecule has 0 radical (unpaired) electrons. The first-order chi connectivity index (χ1) is 9.99. The molecule has 0 unspecified atom stereocenters. The van der Waals surface area contributed by atoms with Crippen molar-refractivity contribution in [2.45, 2.75) is 26.5 Å². The monoisotopic (exact) mass is 306 g/mol. The van der Waals surface area contributed by atoms with E-state index in [4.69, 9.17) is 16.2 Å². The highest BCUT2D eigenvalue weighted by molar-refractivity contribution is 7.19. The Morgan fingerprint density at radius 2 is 2.10 bits per heavy atom. The van der Waals surface area contributed by atoms with Crippen LogP contribution in [0.3, 0.4) is 0 Å². The Hall–Kier alpha value is -2.28. The fraction of sp³-hybridized carbons (Fsp3) is 0.286. The minimum Gasteiger partial charge on any atom is -0.486 e. The number of hydrogen-bond donors (Lipinski definition) is 3. The van der Waals surface area contributed by atoms with Crippen molar-refractivity contribution < 1.29 is 9.53 Å². The fourth-order valence-corrected chi connectivity index (χ4v) is 2.67. The summed E-state index contributed by atoms with van der Waals surface area (Å²) in [4.78, 5) is 15.7. The zero-order chi connectivity index (χ0) is 15.4. The number of rotatable bonds is 6. The van der Waals surface area contributed by atoms with Crippen LogP contribution in [0.1, 0.15) is 29.1 Å². The number of amides is 1. The number of anilines is 2. The van der Waals surface area contributed by atoms with E-state index in [1.54, 1.807) is 12.4 Å². The van der Waals surface area contributed by atoms with E-state index in [-0.39, 0.29) is 6.10 Å². The molecular weight excluding hydrogens is 288 g/mol. The van der Waals surface area contributed by atoms with Crippen molar-refractivity contribution in [1.29, 1.82) is 0 Å². The molecule has 7 heteroatoms. The molecule has 0 spiro atoms. The minimum atomic E-state index is -0.553. The number of pyridine rings is 1. The third-order valence-corrected chi connectivity index (χ3v) is 3.84. The summed E-state index contributed by atoms with van der Waals surface area (Å²) in [6, 6.07) is 3.81. The minimum absolute atomic E-state index is 0.0518. The average Bonchev–Trinajstić information content (AvgIpc) is 2.75. The van der Waals surface area contributed by atoms with Gasteiger partial charge in [0.15, 0.2) is 5.75 Å². The van der Waals surface area contributed by atoms with Crippen molar-refractivity contribution in [2.75, 3.05) is 11.1 Å². The maximum absolute atomic E-state index is 11.4. The zero-order valence-electron chi connectivity index (χ0n) is 11.9. The van der Waals surface area contributed by atoms with Gasteiger partial charge in [0.05, 0.1) is 6.10 Å². The van der Waals surface area contributed by atoms with Gasteiger partial charge in [0.2, 0.25) is 0 Å². The Balaban J connectivity index is 2.24. The molecule has 0 aliphatic heterocycles. The number of ether oxygens (including phenoxy) is 1. The molecule has 0 aromatic carbocycles. The maximum atomic E-state index is 11.4. The van der Waals surface area contributed by atoms with E-state index in [2.05, 4.69) is 10.3 Å². The highest BCUT2D eigenvalue weighted by Crippen LogP contribution is 2.43. The molecule has 2 aromatic heterocycles. The SMILES string of the molecule is CC(C)Oc1c(NCc2ccncc2)sc(C(N)=O)c1N. The van der Waals surface area contributed by atoms with E-state index in [0.29, 0.717) is 27.9 Å². The predicted molar refractivity (Wildman–Crippen MR) is 84.6 cm³/mol. The zero-order valence-corrected chi connectivity index (χ0v) is 12.7. The van der Waals surface area contributed by atoms with Gasteiger partial charge in [0.25, 0.3) is 5.91 Å². The van der Waals surface area contributed by atoms with Crippen LogP contribution in [-0.4, -0.2) is 17.0 Å². The van der Waals surface area contributed by atoms with Crippen LogP contribution in [0.5, 0.6) is 5.75 Å². The highest BCUT2D eigenvalue weighted by Gasteiger charge is 2.21. The van der Waals surface area contributed by atoms with Gasteiger partial charge in [-0.3, -0.25) is 9.78 Å². The molecular formula is C14H18N4O2S. The Morgan fingerprint density at radius 3 is 2.67 bits per heavy atom. The van der Waals surface area contributed by atoms with E-state index in [0.717, 1.165) is 5.56 Å². The Morgan fingerprint density at radius 1 is 1.43 bits per heavy atom. The first-order valence-corrected chi connectivity index (χ1v) is 7.32. The van der Waals surface area contributed by atoms with Gasteiger partial charge in [-0.1, -0.05) is 0 Å². The first kappa shape index (κ1) is 15.1. The maximum Gasteiger partial charge on any atom is 0.261 e. The largest absolute Gasteiger partial charge is 0.486 e. The van der Waals surface area contributed by atoms with Crippen LogP contribution in [0, 0.1) is 0 Å². The molecule has 0 atom stereocenters. The van der Waals surface area contributed by atoms with Crippen LogP contribution in [0.15, 0.2) is 24.5 Å². The van der Waals surface area contributed by atoms with Crippen molar-refractivity contribution in [3.05, 3.63) is 35.0 Å². The Bertz CT molecular complexity index is 625. The van der Waals surface area contributed by atoms with Crippen LogP contribution < -0.4 is 21.5 Å². The third-order valence-electron chi connectivity index (χ3n) is 2.68. The molecule has 2 heterocycles. The van der Waals surface area contributed by atoms with Crippen LogP contribution in [0.2, 0.25) is 0 Å². The highest BCUT2D eigenvalue weighted by atomic mass is 32.1. The van der Waals surface area contributed by atoms with Gasteiger partial charge in [0.1, 0.15) is 15.6 Å². The van der Waals surface area contributed by atoms with E-state index >= 15 is 0 Å². The lowest BCUT2D eigenvalue weighted by Gasteiger charge is -2.12. The quantitative estimate of drug-likeness (QED) is 0.759. The van der Waals surface area contributed by atoms with Gasteiger partial charge in [-0.2, -0.15) is 0 Å². The lowest BCUT2D eigenvalue weighted by molar-refractivity contribution is 0.100. The van der Waals surface area contributed by atoms with E-state index < -0.39 is 5.91 Å². The molecule has 0 fully saturated rings. The number of nitrogens with zero attached hydrogens (tertiary/aromatic N) is 1. The third kappa shape index (κ3) is 3.63. The number of aromatic nitrogens is 1. The number of primary amides is 1. The number of carbonyl (C=O) groups is 1. The standard InChI is InChI=1S/C14H18N4O2S/c1-8(2)20-11-10(15)12(13(16)19)21-14(11)18-7-9-3-5-17-6-4-9/h3-6,8,18H,7,15H2,1-2H3,(H2,16,19). The first-order valence-electron chi connectivity index (χ1n) is 6.50. The summed E-state index contributed by atoms with van der Waals surface area (Å²) in [6.45, 7) is 4.37. The molecule has 6 nitrogen and oxygen atoms in total. The van der Waals surface area contributed by atoms with E-state index in [9.17, 15) is 4.79 Å². The number of nitrogen functional groups attached to an aromatic ring is 1. The van der Waals surface area contributed by atoms with Gasteiger partial charge in [-0.05, 0) is 31.5 Å².